The van der Waals surface area contributed by atoms with Crippen LogP contribution in [0.5, 0.6) is 0 Å². The van der Waals surface area contributed by atoms with Crippen LogP contribution in [0.1, 0.15) is 21.9 Å². The van der Waals surface area contributed by atoms with E-state index in [1.54, 1.807) is 19.1 Å². The van der Waals surface area contributed by atoms with Crippen LogP contribution in [0.2, 0.25) is 0 Å². The predicted octanol–water partition coefficient (Wildman–Crippen LogP) is 3.33. The van der Waals surface area contributed by atoms with E-state index in [0.29, 0.717) is 11.5 Å². The van der Waals surface area contributed by atoms with Crippen molar-refractivity contribution in [3.05, 3.63) is 71.4 Å². The molecule has 0 spiro atoms. The first-order valence-electron chi connectivity index (χ1n) is 7.40. The Morgan fingerprint density at radius 1 is 1.16 bits per heavy atom. The minimum absolute atomic E-state index is 0.0679. The first-order chi connectivity index (χ1) is 12.0. The normalized spacial score (nSPS) is 10.5. The van der Waals surface area contributed by atoms with Gasteiger partial charge in [-0.2, -0.15) is 0 Å². The fourth-order valence-corrected chi connectivity index (χ4v) is 2.14. The van der Waals surface area contributed by atoms with Gasteiger partial charge in [-0.1, -0.05) is 6.07 Å². The Kier molecular flexibility index (Phi) is 4.69. The highest BCUT2D eigenvalue weighted by atomic mass is 19.1. The van der Waals surface area contributed by atoms with Gasteiger partial charge in [-0.05, 0) is 37.3 Å². The highest BCUT2D eigenvalue weighted by molar-refractivity contribution is 5.92. The first kappa shape index (κ1) is 16.6. The molecule has 6 nitrogen and oxygen atoms in total. The smallest absolute Gasteiger partial charge is 0.270 e. The number of nitrogens with one attached hydrogen (secondary N) is 2. The maximum absolute atomic E-state index is 13.7. The number of hydrogen-bond acceptors (Lipinski definition) is 5. The summed E-state index contributed by atoms with van der Waals surface area (Å²) in [4.78, 5) is 20.3. The van der Waals surface area contributed by atoms with E-state index in [0.717, 1.165) is 12.1 Å². The molecule has 3 aromatic rings. The summed E-state index contributed by atoms with van der Waals surface area (Å²) in [5.41, 5.74) is 0.158. The number of halogens is 2. The third-order valence-corrected chi connectivity index (χ3v) is 3.29. The predicted molar refractivity (Wildman–Crippen MR) is 86.3 cm³/mol. The molecule has 0 radical (unpaired) electrons. The molecule has 2 N–H and O–H groups in total. The standard InChI is InChI=1S/C17H14F2N4O2/c1-10-8-14(16(24)20-9-11-4-3-7-25-11)22-17(21-10)23-15-12(18)5-2-6-13(15)19/h2-8H,9H2,1H3,(H,20,24)(H,21,22,23). The van der Waals surface area contributed by atoms with Crippen molar-refractivity contribution in [2.24, 2.45) is 0 Å². The van der Waals surface area contributed by atoms with Gasteiger partial charge in [0.25, 0.3) is 5.91 Å². The summed E-state index contributed by atoms with van der Waals surface area (Å²) in [6.07, 6.45) is 1.50. The number of benzene rings is 1. The number of hydrogen-bond donors (Lipinski definition) is 2. The average molecular weight is 344 g/mol. The molecule has 25 heavy (non-hydrogen) atoms. The van der Waals surface area contributed by atoms with Gasteiger partial charge >= 0.3 is 0 Å². The van der Waals surface area contributed by atoms with E-state index in [4.69, 9.17) is 4.42 Å². The Bertz CT molecular complexity index is 877. The topological polar surface area (TPSA) is 80.0 Å². The summed E-state index contributed by atoms with van der Waals surface area (Å²) in [6, 6.07) is 8.37. The number of carbonyl (C=O) groups excluding carboxylic acids is 1. The van der Waals surface area contributed by atoms with Crippen molar-refractivity contribution < 1.29 is 18.0 Å². The van der Waals surface area contributed by atoms with Gasteiger partial charge in [0.15, 0.2) is 0 Å². The number of aryl methyl sites for hydroxylation is 1. The summed E-state index contributed by atoms with van der Waals surface area (Å²) in [5, 5.41) is 5.12. The lowest BCUT2D eigenvalue weighted by molar-refractivity contribution is 0.0943. The number of amides is 1. The van der Waals surface area contributed by atoms with Crippen molar-refractivity contribution in [3.63, 3.8) is 0 Å². The summed E-state index contributed by atoms with van der Waals surface area (Å²) in [5.74, 6) is -1.51. The fraction of sp³-hybridized carbons (Fsp3) is 0.118. The minimum Gasteiger partial charge on any atom is -0.467 e. The monoisotopic (exact) mass is 344 g/mol. The Morgan fingerprint density at radius 2 is 1.92 bits per heavy atom. The second-order valence-electron chi connectivity index (χ2n) is 5.20. The lowest BCUT2D eigenvalue weighted by Gasteiger charge is -2.09. The number of aromatic nitrogens is 2. The molecule has 8 heteroatoms. The molecule has 0 bridgehead atoms. The molecule has 0 saturated carbocycles. The second kappa shape index (κ2) is 7.08. The fourth-order valence-electron chi connectivity index (χ4n) is 2.14. The van der Waals surface area contributed by atoms with E-state index in [1.807, 2.05) is 0 Å². The molecule has 0 saturated heterocycles. The molecule has 0 atom stereocenters. The van der Waals surface area contributed by atoms with Crippen LogP contribution in [-0.4, -0.2) is 15.9 Å². The van der Waals surface area contributed by atoms with Gasteiger partial charge in [0.1, 0.15) is 28.8 Å². The van der Waals surface area contributed by atoms with Gasteiger partial charge in [-0.25, -0.2) is 18.7 Å². The van der Waals surface area contributed by atoms with Gasteiger partial charge < -0.3 is 15.1 Å². The quantitative estimate of drug-likeness (QED) is 0.742. The third kappa shape index (κ3) is 3.97. The van der Waals surface area contributed by atoms with Crippen LogP contribution in [-0.2, 0) is 6.54 Å². The Balaban J connectivity index is 1.79. The maximum atomic E-state index is 13.7. The van der Waals surface area contributed by atoms with E-state index in [1.165, 1.54) is 18.4 Å². The molecule has 0 aliphatic rings. The number of furan rings is 1. The molecule has 0 fully saturated rings. The number of nitrogens with zero attached hydrogens (tertiary/aromatic N) is 2. The molecule has 0 unspecified atom stereocenters. The van der Waals surface area contributed by atoms with Crippen molar-refractivity contribution >= 4 is 17.5 Å². The van der Waals surface area contributed by atoms with E-state index >= 15 is 0 Å². The molecule has 3 rings (SSSR count). The van der Waals surface area contributed by atoms with Crippen molar-refractivity contribution in [2.75, 3.05) is 5.32 Å². The zero-order chi connectivity index (χ0) is 17.8. The Morgan fingerprint density at radius 3 is 2.60 bits per heavy atom. The van der Waals surface area contributed by atoms with Crippen molar-refractivity contribution in [1.29, 1.82) is 0 Å². The van der Waals surface area contributed by atoms with Crippen LogP contribution in [0.15, 0.2) is 47.1 Å². The van der Waals surface area contributed by atoms with Crippen molar-refractivity contribution in [3.8, 4) is 0 Å². The molecule has 128 valence electrons. The minimum atomic E-state index is -0.783. The highest BCUT2D eigenvalue weighted by Gasteiger charge is 2.14. The second-order valence-corrected chi connectivity index (χ2v) is 5.20. The van der Waals surface area contributed by atoms with E-state index < -0.39 is 17.5 Å². The molecular formula is C17H14F2N4O2. The van der Waals surface area contributed by atoms with Crippen molar-refractivity contribution in [2.45, 2.75) is 13.5 Å². The lowest BCUT2D eigenvalue weighted by Crippen LogP contribution is -2.24. The van der Waals surface area contributed by atoms with Gasteiger partial charge in [-0.15, -0.1) is 0 Å². The first-order valence-corrected chi connectivity index (χ1v) is 7.40. The van der Waals surface area contributed by atoms with Gasteiger partial charge in [-0.3, -0.25) is 4.79 Å². The largest absolute Gasteiger partial charge is 0.467 e. The lowest BCUT2D eigenvalue weighted by atomic mass is 10.3. The zero-order valence-electron chi connectivity index (χ0n) is 13.2. The van der Waals surface area contributed by atoms with E-state index in [2.05, 4.69) is 20.6 Å². The molecule has 0 aliphatic heterocycles. The number of carbonyl (C=O) groups is 1. The SMILES string of the molecule is Cc1cc(C(=O)NCc2ccco2)nc(Nc2c(F)cccc2F)n1. The van der Waals surface area contributed by atoms with Gasteiger partial charge in [0.05, 0.1) is 12.8 Å². The highest BCUT2D eigenvalue weighted by Crippen LogP contribution is 2.21. The van der Waals surface area contributed by atoms with E-state index in [-0.39, 0.29) is 23.9 Å². The van der Waals surface area contributed by atoms with Gasteiger partial charge in [0, 0.05) is 5.69 Å². The average Bonchev–Trinajstić information content (AvgIpc) is 3.09. The summed E-state index contributed by atoms with van der Waals surface area (Å²) in [7, 11) is 0. The molecular weight excluding hydrogens is 330 g/mol. The number of para-hydroxylation sites is 1. The summed E-state index contributed by atoms with van der Waals surface area (Å²) < 4.78 is 32.6. The Labute approximate surface area is 141 Å². The molecule has 2 aromatic heterocycles. The number of rotatable bonds is 5. The van der Waals surface area contributed by atoms with Crippen molar-refractivity contribution in [1.82, 2.24) is 15.3 Å². The summed E-state index contributed by atoms with van der Waals surface area (Å²) in [6.45, 7) is 1.84. The maximum Gasteiger partial charge on any atom is 0.270 e. The molecule has 2 heterocycles. The van der Waals surface area contributed by atoms with Crippen LogP contribution in [0.3, 0.4) is 0 Å². The van der Waals surface area contributed by atoms with Crippen LogP contribution in [0.25, 0.3) is 0 Å². The van der Waals surface area contributed by atoms with Crippen LogP contribution >= 0.6 is 0 Å². The Hall–Kier alpha value is -3.29. The van der Waals surface area contributed by atoms with Crippen LogP contribution in [0.4, 0.5) is 20.4 Å². The number of anilines is 2. The molecule has 1 amide bonds. The van der Waals surface area contributed by atoms with E-state index in [9.17, 15) is 13.6 Å². The third-order valence-electron chi connectivity index (χ3n) is 3.29. The summed E-state index contributed by atoms with van der Waals surface area (Å²) >= 11 is 0. The van der Waals surface area contributed by atoms with Gasteiger partial charge in [0.2, 0.25) is 5.95 Å². The van der Waals surface area contributed by atoms with Crippen LogP contribution in [0, 0.1) is 18.6 Å². The zero-order valence-corrected chi connectivity index (χ0v) is 13.2. The molecule has 0 aliphatic carbocycles. The molecule has 1 aromatic carbocycles. The van der Waals surface area contributed by atoms with Crippen LogP contribution < -0.4 is 10.6 Å².